The van der Waals surface area contributed by atoms with Crippen molar-refractivity contribution in [3.63, 3.8) is 0 Å². The van der Waals surface area contributed by atoms with Gasteiger partial charge in [0.1, 0.15) is 0 Å². The summed E-state index contributed by atoms with van der Waals surface area (Å²) in [7, 11) is 2.20. The molecule has 1 saturated carbocycles. The van der Waals surface area contributed by atoms with Crippen molar-refractivity contribution in [2.45, 2.75) is 31.7 Å². The third kappa shape index (κ3) is 1.99. The van der Waals surface area contributed by atoms with Crippen LogP contribution in [0.25, 0.3) is 0 Å². The standard InChI is InChI=1S/C10H20N2/c1-12-7-9(8-12)6-11-10-4-2-3-5-10/h9-11H,2-8H2,1H3. The first-order chi connectivity index (χ1) is 5.84. The smallest absolute Gasteiger partial charge is 0.00671 e. The van der Waals surface area contributed by atoms with Crippen LogP contribution in [0.4, 0.5) is 0 Å². The van der Waals surface area contributed by atoms with E-state index in [1.54, 1.807) is 0 Å². The Labute approximate surface area is 75.3 Å². The van der Waals surface area contributed by atoms with Crippen LogP contribution in [0.15, 0.2) is 0 Å². The largest absolute Gasteiger partial charge is 0.314 e. The summed E-state index contributed by atoms with van der Waals surface area (Å²) in [5.74, 6) is 0.940. The zero-order valence-electron chi connectivity index (χ0n) is 8.05. The SMILES string of the molecule is CN1CC(CNC2CCCC2)C1. The molecule has 2 fully saturated rings. The molecule has 0 unspecified atom stereocenters. The Balaban J connectivity index is 1.56. The van der Waals surface area contributed by atoms with Crippen LogP contribution in [0.1, 0.15) is 25.7 Å². The molecule has 2 rings (SSSR count). The van der Waals surface area contributed by atoms with Crippen molar-refractivity contribution in [1.29, 1.82) is 0 Å². The number of nitrogens with one attached hydrogen (secondary N) is 1. The monoisotopic (exact) mass is 168 g/mol. The first kappa shape index (κ1) is 8.52. The summed E-state index contributed by atoms with van der Waals surface area (Å²) in [5.41, 5.74) is 0. The zero-order valence-corrected chi connectivity index (χ0v) is 8.05. The molecule has 0 amide bonds. The molecule has 0 aromatic heterocycles. The van der Waals surface area contributed by atoms with Crippen molar-refractivity contribution in [3.8, 4) is 0 Å². The Morgan fingerprint density at radius 1 is 1.25 bits per heavy atom. The Morgan fingerprint density at radius 2 is 1.92 bits per heavy atom. The molecule has 0 aromatic rings. The summed E-state index contributed by atoms with van der Waals surface area (Å²) in [5, 5.41) is 3.68. The van der Waals surface area contributed by atoms with Crippen LogP contribution in [0, 0.1) is 5.92 Å². The quantitative estimate of drug-likeness (QED) is 0.678. The third-order valence-corrected chi connectivity index (χ3v) is 3.19. The summed E-state index contributed by atoms with van der Waals surface area (Å²) in [6.45, 7) is 3.87. The van der Waals surface area contributed by atoms with Crippen LogP contribution in [0.3, 0.4) is 0 Å². The number of rotatable bonds is 3. The van der Waals surface area contributed by atoms with E-state index in [4.69, 9.17) is 0 Å². The van der Waals surface area contributed by atoms with E-state index >= 15 is 0 Å². The van der Waals surface area contributed by atoms with E-state index in [1.165, 1.54) is 45.3 Å². The number of nitrogens with zero attached hydrogens (tertiary/aromatic N) is 1. The zero-order chi connectivity index (χ0) is 8.39. The number of hydrogen-bond acceptors (Lipinski definition) is 2. The average molecular weight is 168 g/mol. The molecule has 0 radical (unpaired) electrons. The molecule has 1 heterocycles. The van der Waals surface area contributed by atoms with E-state index in [0.29, 0.717) is 0 Å². The molecule has 2 aliphatic rings. The maximum Gasteiger partial charge on any atom is 0.00671 e. The van der Waals surface area contributed by atoms with Crippen LogP contribution < -0.4 is 5.32 Å². The molecule has 0 atom stereocenters. The predicted molar refractivity (Wildman–Crippen MR) is 51.2 cm³/mol. The molecule has 1 aliphatic heterocycles. The average Bonchev–Trinajstić information content (AvgIpc) is 2.47. The fourth-order valence-electron chi connectivity index (χ4n) is 2.42. The topological polar surface area (TPSA) is 15.3 Å². The van der Waals surface area contributed by atoms with E-state index in [2.05, 4.69) is 17.3 Å². The number of likely N-dealkylation sites (tertiary alicyclic amines) is 1. The molecule has 0 spiro atoms. The minimum Gasteiger partial charge on any atom is -0.314 e. The highest BCUT2D eigenvalue weighted by molar-refractivity contribution is 4.81. The van der Waals surface area contributed by atoms with Gasteiger partial charge in [0.15, 0.2) is 0 Å². The van der Waals surface area contributed by atoms with E-state index in [1.807, 2.05) is 0 Å². The van der Waals surface area contributed by atoms with E-state index in [9.17, 15) is 0 Å². The Hall–Kier alpha value is -0.0800. The molecular formula is C10H20N2. The van der Waals surface area contributed by atoms with Gasteiger partial charge in [-0.2, -0.15) is 0 Å². The van der Waals surface area contributed by atoms with Gasteiger partial charge in [-0.15, -0.1) is 0 Å². The fourth-order valence-corrected chi connectivity index (χ4v) is 2.42. The molecule has 0 aromatic carbocycles. The first-order valence-corrected chi connectivity index (χ1v) is 5.26. The van der Waals surface area contributed by atoms with Gasteiger partial charge < -0.3 is 10.2 Å². The number of hydrogen-bond donors (Lipinski definition) is 1. The Kier molecular flexibility index (Phi) is 2.66. The molecule has 2 nitrogen and oxygen atoms in total. The minimum absolute atomic E-state index is 0.857. The van der Waals surface area contributed by atoms with Gasteiger partial charge >= 0.3 is 0 Å². The normalized spacial score (nSPS) is 27.8. The van der Waals surface area contributed by atoms with Gasteiger partial charge in [-0.05, 0) is 25.8 Å². The van der Waals surface area contributed by atoms with E-state index in [0.717, 1.165) is 12.0 Å². The second kappa shape index (κ2) is 3.75. The third-order valence-electron chi connectivity index (χ3n) is 3.19. The molecule has 2 heteroatoms. The molecule has 70 valence electrons. The lowest BCUT2D eigenvalue weighted by Gasteiger charge is -2.36. The maximum atomic E-state index is 3.68. The Bertz CT molecular complexity index is 135. The summed E-state index contributed by atoms with van der Waals surface area (Å²) in [6.07, 6.45) is 5.73. The second-order valence-electron chi connectivity index (χ2n) is 4.48. The van der Waals surface area contributed by atoms with Gasteiger partial charge in [0, 0.05) is 25.7 Å². The molecule has 12 heavy (non-hydrogen) atoms. The second-order valence-corrected chi connectivity index (χ2v) is 4.48. The maximum absolute atomic E-state index is 3.68. The van der Waals surface area contributed by atoms with Crippen LogP contribution in [0.2, 0.25) is 0 Å². The molecular weight excluding hydrogens is 148 g/mol. The van der Waals surface area contributed by atoms with Gasteiger partial charge in [0.2, 0.25) is 0 Å². The van der Waals surface area contributed by atoms with Crippen LogP contribution in [-0.4, -0.2) is 37.6 Å². The van der Waals surface area contributed by atoms with Gasteiger partial charge in [0.25, 0.3) is 0 Å². The van der Waals surface area contributed by atoms with E-state index in [-0.39, 0.29) is 0 Å². The fraction of sp³-hybridized carbons (Fsp3) is 1.00. The lowest BCUT2D eigenvalue weighted by atomic mass is 10.0. The van der Waals surface area contributed by atoms with Crippen molar-refractivity contribution in [2.75, 3.05) is 26.7 Å². The van der Waals surface area contributed by atoms with Crippen LogP contribution in [-0.2, 0) is 0 Å². The predicted octanol–water partition coefficient (Wildman–Crippen LogP) is 1.08. The first-order valence-electron chi connectivity index (χ1n) is 5.26. The molecule has 1 aliphatic carbocycles. The summed E-state index contributed by atoms with van der Waals surface area (Å²) < 4.78 is 0. The van der Waals surface area contributed by atoms with Crippen LogP contribution in [0.5, 0.6) is 0 Å². The van der Waals surface area contributed by atoms with E-state index < -0.39 is 0 Å². The van der Waals surface area contributed by atoms with Gasteiger partial charge in [0.05, 0.1) is 0 Å². The summed E-state index contributed by atoms with van der Waals surface area (Å²) in [4.78, 5) is 2.39. The lowest BCUT2D eigenvalue weighted by Crippen LogP contribution is -2.49. The lowest BCUT2D eigenvalue weighted by molar-refractivity contribution is 0.130. The molecule has 0 bridgehead atoms. The Morgan fingerprint density at radius 3 is 2.50 bits per heavy atom. The summed E-state index contributed by atoms with van der Waals surface area (Å²) in [6, 6.07) is 0.857. The molecule has 1 saturated heterocycles. The highest BCUT2D eigenvalue weighted by Gasteiger charge is 2.24. The van der Waals surface area contributed by atoms with Gasteiger partial charge in [-0.1, -0.05) is 12.8 Å². The van der Waals surface area contributed by atoms with Crippen molar-refractivity contribution < 1.29 is 0 Å². The van der Waals surface area contributed by atoms with Crippen molar-refractivity contribution in [1.82, 2.24) is 10.2 Å². The summed E-state index contributed by atoms with van der Waals surface area (Å²) >= 11 is 0. The van der Waals surface area contributed by atoms with Crippen molar-refractivity contribution in [2.24, 2.45) is 5.92 Å². The van der Waals surface area contributed by atoms with Crippen molar-refractivity contribution >= 4 is 0 Å². The molecule has 1 N–H and O–H groups in total. The highest BCUT2D eigenvalue weighted by atomic mass is 15.2. The van der Waals surface area contributed by atoms with Crippen LogP contribution >= 0.6 is 0 Å². The highest BCUT2D eigenvalue weighted by Crippen LogP contribution is 2.19. The van der Waals surface area contributed by atoms with Crippen molar-refractivity contribution in [3.05, 3.63) is 0 Å². The van der Waals surface area contributed by atoms with Gasteiger partial charge in [-0.3, -0.25) is 0 Å². The van der Waals surface area contributed by atoms with Gasteiger partial charge in [-0.25, -0.2) is 0 Å². The minimum atomic E-state index is 0.857.